The van der Waals surface area contributed by atoms with Gasteiger partial charge in [0.25, 0.3) is 0 Å². The van der Waals surface area contributed by atoms with Crippen molar-refractivity contribution in [2.75, 3.05) is 26.2 Å². The van der Waals surface area contributed by atoms with Crippen LogP contribution in [0.25, 0.3) is 0 Å². The summed E-state index contributed by atoms with van der Waals surface area (Å²) in [5, 5.41) is 6.46. The largest absolute Gasteiger partial charge is 0.378 e. The fourth-order valence-electron chi connectivity index (χ4n) is 2.77. The van der Waals surface area contributed by atoms with Crippen molar-refractivity contribution in [2.45, 2.75) is 51.6 Å². The van der Waals surface area contributed by atoms with E-state index in [9.17, 15) is 4.79 Å². The summed E-state index contributed by atoms with van der Waals surface area (Å²) in [6.07, 6.45) is 6.39. The van der Waals surface area contributed by atoms with Gasteiger partial charge < -0.3 is 15.4 Å². The first-order valence-corrected chi connectivity index (χ1v) is 7.27. The van der Waals surface area contributed by atoms with Gasteiger partial charge in [-0.05, 0) is 50.6 Å². The molecule has 104 valence electrons. The van der Waals surface area contributed by atoms with E-state index < -0.39 is 0 Å². The van der Waals surface area contributed by atoms with Gasteiger partial charge >= 0.3 is 0 Å². The third-order valence-corrected chi connectivity index (χ3v) is 4.24. The van der Waals surface area contributed by atoms with E-state index in [-0.39, 0.29) is 11.3 Å². The Bertz CT molecular complexity index is 269. The molecule has 0 aromatic rings. The van der Waals surface area contributed by atoms with Crippen LogP contribution >= 0.6 is 0 Å². The third-order valence-electron chi connectivity index (χ3n) is 4.24. The Kier molecular flexibility index (Phi) is 5.01. The van der Waals surface area contributed by atoms with Gasteiger partial charge in [0, 0.05) is 19.6 Å². The van der Waals surface area contributed by atoms with Crippen LogP contribution in [0.15, 0.2) is 0 Å². The van der Waals surface area contributed by atoms with Gasteiger partial charge in [0.2, 0.25) is 5.91 Å². The van der Waals surface area contributed by atoms with Gasteiger partial charge in [-0.25, -0.2) is 0 Å². The van der Waals surface area contributed by atoms with Crippen molar-refractivity contribution in [2.24, 2.45) is 5.41 Å². The van der Waals surface area contributed by atoms with Crippen LogP contribution in [-0.2, 0) is 9.53 Å². The second-order valence-electron chi connectivity index (χ2n) is 6.01. The predicted octanol–water partition coefficient (Wildman–Crippen LogP) is 1.45. The smallest absolute Gasteiger partial charge is 0.220 e. The number of hydrogen-bond acceptors (Lipinski definition) is 3. The van der Waals surface area contributed by atoms with Crippen LogP contribution in [-0.4, -0.2) is 38.3 Å². The number of carbonyl (C=O) groups is 1. The van der Waals surface area contributed by atoms with Gasteiger partial charge in [-0.2, -0.15) is 0 Å². The monoisotopic (exact) mass is 254 g/mol. The lowest BCUT2D eigenvalue weighted by molar-refractivity contribution is -0.122. The summed E-state index contributed by atoms with van der Waals surface area (Å²) in [5.41, 5.74) is 0.283. The zero-order valence-electron chi connectivity index (χ0n) is 11.5. The summed E-state index contributed by atoms with van der Waals surface area (Å²) < 4.78 is 5.53. The van der Waals surface area contributed by atoms with Crippen molar-refractivity contribution in [3.8, 4) is 0 Å². The highest BCUT2D eigenvalue weighted by Crippen LogP contribution is 2.26. The Labute approximate surface area is 110 Å². The Balaban J connectivity index is 1.61. The van der Waals surface area contributed by atoms with E-state index in [1.165, 1.54) is 0 Å². The molecule has 2 heterocycles. The molecule has 2 saturated heterocycles. The van der Waals surface area contributed by atoms with Crippen LogP contribution in [0.1, 0.15) is 45.4 Å². The molecule has 2 aliphatic rings. The lowest BCUT2D eigenvalue weighted by Crippen LogP contribution is -2.42. The summed E-state index contributed by atoms with van der Waals surface area (Å²) in [5.74, 6) is 0.185. The Hall–Kier alpha value is -0.610. The number of nitrogens with one attached hydrogen (secondary N) is 2. The molecule has 0 radical (unpaired) electrons. The number of ether oxygens (including phenoxy) is 1. The van der Waals surface area contributed by atoms with E-state index in [0.717, 1.165) is 58.3 Å². The number of hydrogen-bond donors (Lipinski definition) is 2. The SMILES string of the molecule is CC1(CNC(=O)CCC2CCCO2)CCNCC1. The molecule has 18 heavy (non-hydrogen) atoms. The van der Waals surface area contributed by atoms with Gasteiger partial charge in [-0.3, -0.25) is 4.79 Å². The molecule has 0 aromatic heterocycles. The number of carbonyl (C=O) groups excluding carboxylic acids is 1. The van der Waals surface area contributed by atoms with E-state index in [0.29, 0.717) is 12.5 Å². The molecule has 0 aromatic carbocycles. The summed E-state index contributed by atoms with van der Waals surface area (Å²) in [6.45, 7) is 6.11. The molecular formula is C14H26N2O2. The van der Waals surface area contributed by atoms with E-state index in [1.54, 1.807) is 0 Å². The standard InChI is InChI=1S/C14H26N2O2/c1-14(6-8-15-9-7-14)11-16-13(17)5-4-12-3-2-10-18-12/h12,15H,2-11H2,1H3,(H,16,17). The summed E-state index contributed by atoms with van der Waals surface area (Å²) in [4.78, 5) is 11.8. The molecule has 0 spiro atoms. The lowest BCUT2D eigenvalue weighted by atomic mass is 9.81. The zero-order valence-corrected chi connectivity index (χ0v) is 11.5. The Morgan fingerprint density at radius 1 is 1.44 bits per heavy atom. The van der Waals surface area contributed by atoms with Crippen molar-refractivity contribution < 1.29 is 9.53 Å². The van der Waals surface area contributed by atoms with Gasteiger partial charge in [-0.15, -0.1) is 0 Å². The molecule has 4 nitrogen and oxygen atoms in total. The highest BCUT2D eigenvalue weighted by atomic mass is 16.5. The van der Waals surface area contributed by atoms with Crippen molar-refractivity contribution >= 4 is 5.91 Å². The molecule has 0 saturated carbocycles. The maximum Gasteiger partial charge on any atom is 0.220 e. The molecule has 1 unspecified atom stereocenters. The molecule has 0 aliphatic carbocycles. The van der Waals surface area contributed by atoms with Crippen molar-refractivity contribution in [1.29, 1.82) is 0 Å². The van der Waals surface area contributed by atoms with E-state index in [4.69, 9.17) is 4.74 Å². The minimum absolute atomic E-state index is 0.185. The summed E-state index contributed by atoms with van der Waals surface area (Å²) in [7, 11) is 0. The average Bonchev–Trinajstić information content (AvgIpc) is 2.88. The van der Waals surface area contributed by atoms with Crippen LogP contribution < -0.4 is 10.6 Å². The van der Waals surface area contributed by atoms with Crippen LogP contribution in [0.5, 0.6) is 0 Å². The molecule has 2 aliphatic heterocycles. The fourth-order valence-corrected chi connectivity index (χ4v) is 2.77. The minimum atomic E-state index is 0.185. The molecule has 4 heteroatoms. The van der Waals surface area contributed by atoms with Gasteiger partial charge in [0.05, 0.1) is 6.10 Å². The van der Waals surface area contributed by atoms with E-state index in [2.05, 4.69) is 17.6 Å². The molecule has 2 N–H and O–H groups in total. The zero-order chi connectivity index (χ0) is 12.8. The topological polar surface area (TPSA) is 50.4 Å². The maximum absolute atomic E-state index is 11.8. The quantitative estimate of drug-likeness (QED) is 0.781. The highest BCUT2D eigenvalue weighted by Gasteiger charge is 2.27. The van der Waals surface area contributed by atoms with Gasteiger partial charge in [0.15, 0.2) is 0 Å². The fraction of sp³-hybridized carbons (Fsp3) is 0.929. The highest BCUT2D eigenvalue weighted by molar-refractivity contribution is 5.75. The molecule has 1 amide bonds. The first-order valence-electron chi connectivity index (χ1n) is 7.27. The molecule has 2 rings (SSSR count). The van der Waals surface area contributed by atoms with E-state index in [1.807, 2.05) is 0 Å². The van der Waals surface area contributed by atoms with E-state index >= 15 is 0 Å². The van der Waals surface area contributed by atoms with Gasteiger partial charge in [0.1, 0.15) is 0 Å². The summed E-state index contributed by atoms with van der Waals surface area (Å²) in [6, 6.07) is 0. The van der Waals surface area contributed by atoms with Crippen LogP contribution in [0.4, 0.5) is 0 Å². The van der Waals surface area contributed by atoms with Crippen molar-refractivity contribution in [3.63, 3.8) is 0 Å². The number of amides is 1. The molecule has 1 atom stereocenters. The molecular weight excluding hydrogens is 228 g/mol. The second-order valence-corrected chi connectivity index (χ2v) is 6.01. The average molecular weight is 254 g/mol. The van der Waals surface area contributed by atoms with Crippen molar-refractivity contribution in [1.82, 2.24) is 10.6 Å². The van der Waals surface area contributed by atoms with Crippen LogP contribution in [0.2, 0.25) is 0 Å². The normalized spacial score (nSPS) is 27.1. The van der Waals surface area contributed by atoms with Crippen LogP contribution in [0.3, 0.4) is 0 Å². The number of piperidine rings is 1. The summed E-state index contributed by atoms with van der Waals surface area (Å²) >= 11 is 0. The Morgan fingerprint density at radius 2 is 2.22 bits per heavy atom. The lowest BCUT2D eigenvalue weighted by Gasteiger charge is -2.34. The third kappa shape index (κ3) is 4.25. The number of rotatable bonds is 5. The first kappa shape index (κ1) is 13.8. The Morgan fingerprint density at radius 3 is 2.89 bits per heavy atom. The van der Waals surface area contributed by atoms with Gasteiger partial charge in [-0.1, -0.05) is 6.92 Å². The second kappa shape index (κ2) is 6.53. The van der Waals surface area contributed by atoms with Crippen LogP contribution in [0, 0.1) is 5.41 Å². The molecule has 0 bridgehead atoms. The first-order chi connectivity index (χ1) is 8.68. The molecule has 2 fully saturated rings. The van der Waals surface area contributed by atoms with Crippen molar-refractivity contribution in [3.05, 3.63) is 0 Å². The minimum Gasteiger partial charge on any atom is -0.378 e. The maximum atomic E-state index is 11.8. The predicted molar refractivity (Wildman–Crippen MR) is 71.4 cm³/mol.